The van der Waals surface area contributed by atoms with Crippen molar-refractivity contribution < 1.29 is 22.8 Å². The van der Waals surface area contributed by atoms with Gasteiger partial charge in [-0.1, -0.05) is 29.5 Å². The molecule has 2 aromatic rings. The van der Waals surface area contributed by atoms with E-state index >= 15 is 0 Å². The van der Waals surface area contributed by atoms with Crippen LogP contribution in [0.2, 0.25) is 0 Å². The number of nitrogens with zero attached hydrogens (tertiary/aromatic N) is 2. The number of carbonyl (C=O) groups excluding carboxylic acids is 2. The van der Waals surface area contributed by atoms with E-state index in [0.29, 0.717) is 5.69 Å². The van der Waals surface area contributed by atoms with Gasteiger partial charge in [-0.05, 0) is 38.5 Å². The van der Waals surface area contributed by atoms with Gasteiger partial charge in [-0.2, -0.15) is 13.2 Å². The van der Waals surface area contributed by atoms with Crippen LogP contribution in [0, 0.1) is 13.8 Å². The van der Waals surface area contributed by atoms with E-state index in [1.54, 1.807) is 6.07 Å². The number of nitrogens with one attached hydrogen (secondary N) is 2. The first-order valence-electron chi connectivity index (χ1n) is 7.82. The number of halogens is 3. The molecule has 2 rings (SSSR count). The van der Waals surface area contributed by atoms with Crippen LogP contribution in [0.5, 0.6) is 0 Å². The molecule has 0 bridgehead atoms. The first-order valence-corrected chi connectivity index (χ1v) is 8.70. The molecule has 0 aliphatic rings. The number of urea groups is 1. The maximum absolute atomic E-state index is 12.7. The Hall–Kier alpha value is -2.62. The lowest BCUT2D eigenvalue weighted by Gasteiger charge is -2.13. The number of benzene rings is 1. The van der Waals surface area contributed by atoms with E-state index < -0.39 is 29.1 Å². The zero-order valence-corrected chi connectivity index (χ0v) is 15.5. The Morgan fingerprint density at radius 2 is 1.89 bits per heavy atom. The van der Waals surface area contributed by atoms with E-state index in [1.165, 1.54) is 6.92 Å². The molecule has 1 aromatic heterocycles. The van der Waals surface area contributed by atoms with E-state index in [-0.39, 0.29) is 5.16 Å². The van der Waals surface area contributed by atoms with Crippen molar-refractivity contribution >= 4 is 29.4 Å². The van der Waals surface area contributed by atoms with Crippen LogP contribution in [0.3, 0.4) is 0 Å². The van der Waals surface area contributed by atoms with Gasteiger partial charge in [0.15, 0.2) is 5.16 Å². The highest BCUT2D eigenvalue weighted by Crippen LogP contribution is 2.29. The van der Waals surface area contributed by atoms with Crippen LogP contribution in [0.15, 0.2) is 35.6 Å². The van der Waals surface area contributed by atoms with Gasteiger partial charge in [0.05, 0.1) is 5.25 Å². The van der Waals surface area contributed by atoms with Crippen molar-refractivity contribution in [2.75, 3.05) is 5.32 Å². The third-order valence-electron chi connectivity index (χ3n) is 3.44. The fourth-order valence-electron chi connectivity index (χ4n) is 2.09. The van der Waals surface area contributed by atoms with Crippen LogP contribution in [0.25, 0.3) is 0 Å². The van der Waals surface area contributed by atoms with E-state index in [9.17, 15) is 22.8 Å². The molecular formula is C17H17F3N4O2S. The van der Waals surface area contributed by atoms with Crippen LogP contribution in [-0.4, -0.2) is 27.2 Å². The van der Waals surface area contributed by atoms with Crippen molar-refractivity contribution in [1.82, 2.24) is 15.3 Å². The fourth-order valence-corrected chi connectivity index (χ4v) is 2.84. The number of aryl methyl sites for hydroxylation is 2. The predicted octanol–water partition coefficient (Wildman–Crippen LogP) is 3.94. The second-order valence-electron chi connectivity index (χ2n) is 5.74. The minimum absolute atomic E-state index is 0.206. The molecule has 0 aliphatic carbocycles. The highest BCUT2D eigenvalue weighted by Gasteiger charge is 2.33. The topological polar surface area (TPSA) is 84.0 Å². The van der Waals surface area contributed by atoms with Gasteiger partial charge in [0.1, 0.15) is 5.69 Å². The van der Waals surface area contributed by atoms with Crippen LogP contribution >= 0.6 is 11.8 Å². The van der Waals surface area contributed by atoms with Crippen molar-refractivity contribution in [2.24, 2.45) is 0 Å². The standard InChI is InChI=1S/C17H17F3N4O2S/c1-9-4-5-12(10(2)8-9)22-15(26)24-14(25)11(3)27-16-21-7-6-13(23-16)17(18,19)20/h4-8,11H,1-3H3,(H2,22,24,25,26)/t11-/m0/s1. The molecule has 10 heteroatoms. The summed E-state index contributed by atoms with van der Waals surface area (Å²) in [6.07, 6.45) is -3.63. The number of alkyl halides is 3. The van der Waals surface area contributed by atoms with E-state index in [2.05, 4.69) is 20.6 Å². The zero-order chi connectivity index (χ0) is 20.2. The zero-order valence-electron chi connectivity index (χ0n) is 14.7. The quantitative estimate of drug-likeness (QED) is 0.602. The lowest BCUT2D eigenvalue weighted by Crippen LogP contribution is -2.39. The fraction of sp³-hybridized carbons (Fsp3) is 0.294. The van der Waals surface area contributed by atoms with E-state index in [0.717, 1.165) is 35.2 Å². The molecule has 6 nitrogen and oxygen atoms in total. The Balaban J connectivity index is 1.96. The number of anilines is 1. The minimum Gasteiger partial charge on any atom is -0.307 e. The molecule has 2 N–H and O–H groups in total. The lowest BCUT2D eigenvalue weighted by molar-refractivity contribution is -0.141. The summed E-state index contributed by atoms with van der Waals surface area (Å²) in [6.45, 7) is 5.16. The minimum atomic E-state index is -4.60. The lowest BCUT2D eigenvalue weighted by atomic mass is 10.1. The average Bonchev–Trinajstić information content (AvgIpc) is 2.57. The van der Waals surface area contributed by atoms with E-state index in [1.807, 2.05) is 26.0 Å². The monoisotopic (exact) mass is 398 g/mol. The third-order valence-corrected chi connectivity index (χ3v) is 4.42. The smallest absolute Gasteiger partial charge is 0.307 e. The highest BCUT2D eigenvalue weighted by atomic mass is 32.2. The number of carbonyl (C=O) groups is 2. The van der Waals surface area contributed by atoms with Gasteiger partial charge in [0, 0.05) is 11.9 Å². The highest BCUT2D eigenvalue weighted by molar-refractivity contribution is 8.00. The van der Waals surface area contributed by atoms with Crippen molar-refractivity contribution in [3.05, 3.63) is 47.3 Å². The maximum Gasteiger partial charge on any atom is 0.433 e. The largest absolute Gasteiger partial charge is 0.433 e. The van der Waals surface area contributed by atoms with Gasteiger partial charge >= 0.3 is 12.2 Å². The summed E-state index contributed by atoms with van der Waals surface area (Å²) >= 11 is 0.721. The Bertz CT molecular complexity index is 858. The van der Waals surface area contributed by atoms with Crippen LogP contribution in [0.1, 0.15) is 23.7 Å². The Morgan fingerprint density at radius 3 is 2.52 bits per heavy atom. The number of amides is 3. The second kappa shape index (κ2) is 8.38. The molecule has 1 aromatic carbocycles. The summed E-state index contributed by atoms with van der Waals surface area (Å²) in [5.74, 6) is -0.678. The number of rotatable bonds is 4. The van der Waals surface area contributed by atoms with Crippen molar-refractivity contribution in [3.8, 4) is 0 Å². The van der Waals surface area contributed by atoms with Gasteiger partial charge in [-0.15, -0.1) is 0 Å². The first-order chi connectivity index (χ1) is 12.6. The molecule has 0 saturated heterocycles. The molecule has 27 heavy (non-hydrogen) atoms. The second-order valence-corrected chi connectivity index (χ2v) is 7.05. The van der Waals surface area contributed by atoms with Gasteiger partial charge in [-0.3, -0.25) is 10.1 Å². The first kappa shape index (κ1) is 20.7. The molecule has 0 saturated carbocycles. The van der Waals surface area contributed by atoms with Crippen molar-refractivity contribution in [1.29, 1.82) is 0 Å². The summed E-state index contributed by atoms with van der Waals surface area (Å²) in [6, 6.07) is 5.41. The van der Waals surface area contributed by atoms with Crippen LogP contribution in [-0.2, 0) is 11.0 Å². The molecule has 1 atom stereocenters. The van der Waals surface area contributed by atoms with Crippen LogP contribution in [0.4, 0.5) is 23.7 Å². The molecular weight excluding hydrogens is 381 g/mol. The van der Waals surface area contributed by atoms with Crippen LogP contribution < -0.4 is 10.6 Å². The maximum atomic E-state index is 12.7. The number of imide groups is 1. The number of thioether (sulfide) groups is 1. The molecule has 3 amide bonds. The number of aromatic nitrogens is 2. The third kappa shape index (κ3) is 5.95. The summed E-state index contributed by atoms with van der Waals surface area (Å²) < 4.78 is 38.0. The molecule has 0 aliphatic heterocycles. The molecule has 1 heterocycles. The van der Waals surface area contributed by atoms with E-state index in [4.69, 9.17) is 0 Å². The van der Waals surface area contributed by atoms with Gasteiger partial charge in [0.25, 0.3) is 0 Å². The summed E-state index contributed by atoms with van der Waals surface area (Å²) in [4.78, 5) is 31.2. The van der Waals surface area contributed by atoms with Crippen molar-refractivity contribution in [3.63, 3.8) is 0 Å². The summed E-state index contributed by atoms with van der Waals surface area (Å²) in [5.41, 5.74) is 1.31. The molecule has 0 spiro atoms. The predicted molar refractivity (Wildman–Crippen MR) is 95.4 cm³/mol. The molecule has 144 valence electrons. The normalized spacial score (nSPS) is 12.4. The SMILES string of the molecule is Cc1ccc(NC(=O)NC(=O)[C@H](C)Sc2nccc(C(F)(F)F)n2)c(C)c1. The van der Waals surface area contributed by atoms with Gasteiger partial charge in [0.2, 0.25) is 5.91 Å². The molecule has 0 radical (unpaired) electrons. The van der Waals surface area contributed by atoms with Crippen molar-refractivity contribution in [2.45, 2.75) is 37.4 Å². The average molecular weight is 398 g/mol. The number of hydrogen-bond acceptors (Lipinski definition) is 5. The van der Waals surface area contributed by atoms with Gasteiger partial charge in [-0.25, -0.2) is 14.8 Å². The Morgan fingerprint density at radius 1 is 1.19 bits per heavy atom. The summed E-state index contributed by atoms with van der Waals surface area (Å²) in [7, 11) is 0. The summed E-state index contributed by atoms with van der Waals surface area (Å²) in [5, 5.41) is 3.62. The molecule has 0 unspecified atom stereocenters. The van der Waals surface area contributed by atoms with Gasteiger partial charge < -0.3 is 5.32 Å². The number of hydrogen-bond donors (Lipinski definition) is 2. The molecule has 0 fully saturated rings. The Kier molecular flexibility index (Phi) is 6.42. The Labute approximate surface area is 158 Å².